The van der Waals surface area contributed by atoms with E-state index in [1.807, 2.05) is 19.1 Å². The van der Waals surface area contributed by atoms with E-state index in [1.165, 1.54) is 19.3 Å². The Hall–Kier alpha value is -2.10. The van der Waals surface area contributed by atoms with Gasteiger partial charge in [-0.3, -0.25) is 4.79 Å². The molecule has 23 heavy (non-hydrogen) atoms. The van der Waals surface area contributed by atoms with Crippen LogP contribution >= 0.6 is 0 Å². The number of aryl methyl sites for hydroxylation is 1. The van der Waals surface area contributed by atoms with Crippen LogP contribution in [0.15, 0.2) is 33.5 Å². The minimum Gasteiger partial charge on any atom is -0.422 e. The third-order valence-electron chi connectivity index (χ3n) is 4.57. The zero-order chi connectivity index (χ0) is 16.2. The molecule has 4 heteroatoms. The molecule has 1 saturated carbocycles. The summed E-state index contributed by atoms with van der Waals surface area (Å²) >= 11 is 0. The Labute approximate surface area is 135 Å². The quantitative estimate of drug-likeness (QED) is 0.854. The number of carbonyl (C=O) groups excluding carboxylic acids is 1. The van der Waals surface area contributed by atoms with Gasteiger partial charge in [-0.05, 0) is 38.0 Å². The highest BCUT2D eigenvalue weighted by Gasteiger charge is 2.18. The van der Waals surface area contributed by atoms with Gasteiger partial charge in [0.1, 0.15) is 11.1 Å². The van der Waals surface area contributed by atoms with Crippen LogP contribution in [0, 0.1) is 6.92 Å². The number of nitrogens with one attached hydrogen (secondary N) is 1. The number of carbonyl (C=O) groups is 1. The molecule has 1 amide bonds. The fourth-order valence-corrected chi connectivity index (χ4v) is 3.26. The van der Waals surface area contributed by atoms with E-state index in [4.69, 9.17) is 4.42 Å². The SMILES string of the molecule is Cc1ccc2oc(=O)c(C(=O)NC3CCCCCCC3)cc2c1. The van der Waals surface area contributed by atoms with Crippen molar-refractivity contribution in [2.45, 2.75) is 57.9 Å². The van der Waals surface area contributed by atoms with Crippen molar-refractivity contribution >= 4 is 16.9 Å². The molecule has 1 heterocycles. The van der Waals surface area contributed by atoms with Gasteiger partial charge in [0.2, 0.25) is 0 Å². The number of amides is 1. The molecule has 0 saturated heterocycles. The average Bonchev–Trinajstić information content (AvgIpc) is 2.49. The van der Waals surface area contributed by atoms with Gasteiger partial charge in [0.25, 0.3) is 5.91 Å². The van der Waals surface area contributed by atoms with Gasteiger partial charge in [0.05, 0.1) is 0 Å². The van der Waals surface area contributed by atoms with E-state index in [9.17, 15) is 9.59 Å². The first-order chi connectivity index (χ1) is 11.1. The first-order valence-electron chi connectivity index (χ1n) is 8.49. The molecular formula is C19H23NO3. The first-order valence-corrected chi connectivity index (χ1v) is 8.49. The first kappa shape index (κ1) is 15.8. The summed E-state index contributed by atoms with van der Waals surface area (Å²) in [6.45, 7) is 1.97. The summed E-state index contributed by atoms with van der Waals surface area (Å²) < 4.78 is 5.29. The standard InChI is InChI=1S/C19H23NO3/c1-13-9-10-17-14(11-13)12-16(19(22)23-17)18(21)20-15-7-5-3-2-4-6-8-15/h9-12,15H,2-8H2,1H3,(H,20,21). The summed E-state index contributed by atoms with van der Waals surface area (Å²) in [4.78, 5) is 24.6. The van der Waals surface area contributed by atoms with Gasteiger partial charge >= 0.3 is 5.63 Å². The lowest BCUT2D eigenvalue weighted by atomic mass is 9.96. The Morgan fingerprint density at radius 3 is 2.52 bits per heavy atom. The highest BCUT2D eigenvalue weighted by atomic mass is 16.4. The average molecular weight is 313 g/mol. The van der Waals surface area contributed by atoms with Crippen LogP contribution in [0.5, 0.6) is 0 Å². The van der Waals surface area contributed by atoms with E-state index in [0.717, 1.165) is 36.6 Å². The van der Waals surface area contributed by atoms with Gasteiger partial charge in [-0.2, -0.15) is 0 Å². The molecular weight excluding hydrogens is 290 g/mol. The maximum atomic E-state index is 12.5. The molecule has 1 fully saturated rings. The highest BCUT2D eigenvalue weighted by Crippen LogP contribution is 2.18. The van der Waals surface area contributed by atoms with Crippen molar-refractivity contribution in [1.29, 1.82) is 0 Å². The molecule has 0 unspecified atom stereocenters. The fraction of sp³-hybridized carbons (Fsp3) is 0.474. The van der Waals surface area contributed by atoms with Gasteiger partial charge < -0.3 is 9.73 Å². The Balaban J connectivity index is 1.82. The molecule has 0 bridgehead atoms. The molecule has 0 spiro atoms. The second-order valence-corrected chi connectivity index (χ2v) is 6.50. The van der Waals surface area contributed by atoms with Crippen molar-refractivity contribution in [3.63, 3.8) is 0 Å². The van der Waals surface area contributed by atoms with E-state index in [1.54, 1.807) is 12.1 Å². The van der Waals surface area contributed by atoms with Crippen molar-refractivity contribution < 1.29 is 9.21 Å². The lowest BCUT2D eigenvalue weighted by molar-refractivity contribution is 0.0927. The fourth-order valence-electron chi connectivity index (χ4n) is 3.26. The second-order valence-electron chi connectivity index (χ2n) is 6.50. The molecule has 122 valence electrons. The lowest BCUT2D eigenvalue weighted by Crippen LogP contribution is -2.37. The van der Waals surface area contributed by atoms with Crippen LogP contribution in [-0.4, -0.2) is 11.9 Å². The largest absolute Gasteiger partial charge is 0.422 e. The summed E-state index contributed by atoms with van der Waals surface area (Å²) in [6.07, 6.45) is 7.99. The van der Waals surface area contributed by atoms with Crippen LogP contribution in [0.3, 0.4) is 0 Å². The molecule has 1 N–H and O–H groups in total. The minimum atomic E-state index is -0.565. The zero-order valence-electron chi connectivity index (χ0n) is 13.6. The number of hydrogen-bond acceptors (Lipinski definition) is 3. The molecule has 1 aliphatic carbocycles. The second kappa shape index (κ2) is 6.99. The molecule has 1 aliphatic rings. The summed E-state index contributed by atoms with van der Waals surface area (Å²) in [7, 11) is 0. The molecule has 0 atom stereocenters. The van der Waals surface area contributed by atoms with Gasteiger partial charge in [-0.15, -0.1) is 0 Å². The normalized spacial score (nSPS) is 16.7. The molecule has 1 aromatic carbocycles. The van der Waals surface area contributed by atoms with E-state index in [2.05, 4.69) is 5.32 Å². The van der Waals surface area contributed by atoms with Gasteiger partial charge in [0.15, 0.2) is 0 Å². The van der Waals surface area contributed by atoms with Gasteiger partial charge in [-0.25, -0.2) is 4.79 Å². The van der Waals surface area contributed by atoms with Crippen molar-refractivity contribution in [2.75, 3.05) is 0 Å². The van der Waals surface area contributed by atoms with Gasteiger partial charge in [-0.1, -0.05) is 43.7 Å². The van der Waals surface area contributed by atoms with Crippen LogP contribution in [0.2, 0.25) is 0 Å². The predicted octanol–water partition coefficient (Wildman–Crippen LogP) is 3.94. The number of hydrogen-bond donors (Lipinski definition) is 1. The van der Waals surface area contributed by atoms with E-state index in [0.29, 0.717) is 5.58 Å². The van der Waals surface area contributed by atoms with Crippen molar-refractivity contribution in [1.82, 2.24) is 5.32 Å². The van der Waals surface area contributed by atoms with Crippen LogP contribution in [0.4, 0.5) is 0 Å². The summed E-state index contributed by atoms with van der Waals surface area (Å²) in [5, 5.41) is 3.81. The lowest BCUT2D eigenvalue weighted by Gasteiger charge is -2.20. The van der Waals surface area contributed by atoms with Crippen molar-refractivity contribution in [3.8, 4) is 0 Å². The Morgan fingerprint density at radius 2 is 1.78 bits per heavy atom. The Bertz CT molecular complexity index is 755. The molecule has 4 nitrogen and oxygen atoms in total. The molecule has 0 radical (unpaired) electrons. The van der Waals surface area contributed by atoms with Crippen LogP contribution < -0.4 is 10.9 Å². The molecule has 0 aliphatic heterocycles. The van der Waals surface area contributed by atoms with Crippen LogP contribution in [0.1, 0.15) is 60.9 Å². The predicted molar refractivity (Wildman–Crippen MR) is 90.8 cm³/mol. The third kappa shape index (κ3) is 3.81. The van der Waals surface area contributed by atoms with Crippen molar-refractivity contribution in [3.05, 3.63) is 45.8 Å². The highest BCUT2D eigenvalue weighted by molar-refractivity contribution is 5.96. The monoisotopic (exact) mass is 313 g/mol. The zero-order valence-corrected chi connectivity index (χ0v) is 13.6. The summed E-state index contributed by atoms with van der Waals surface area (Å²) in [6, 6.07) is 7.38. The Morgan fingerprint density at radius 1 is 1.09 bits per heavy atom. The topological polar surface area (TPSA) is 59.3 Å². The molecule has 2 aromatic rings. The van der Waals surface area contributed by atoms with E-state index in [-0.39, 0.29) is 17.5 Å². The maximum absolute atomic E-state index is 12.5. The third-order valence-corrected chi connectivity index (χ3v) is 4.57. The number of benzene rings is 1. The Kier molecular flexibility index (Phi) is 4.79. The summed E-state index contributed by atoms with van der Waals surface area (Å²) in [5.74, 6) is -0.312. The molecule has 3 rings (SSSR count). The van der Waals surface area contributed by atoms with E-state index >= 15 is 0 Å². The van der Waals surface area contributed by atoms with Gasteiger partial charge in [0, 0.05) is 11.4 Å². The van der Waals surface area contributed by atoms with Crippen molar-refractivity contribution in [2.24, 2.45) is 0 Å². The smallest absolute Gasteiger partial charge is 0.349 e. The number of fused-ring (bicyclic) bond motifs is 1. The van der Waals surface area contributed by atoms with Crippen LogP contribution in [0.25, 0.3) is 11.0 Å². The van der Waals surface area contributed by atoms with E-state index < -0.39 is 5.63 Å². The molecule has 1 aromatic heterocycles. The van der Waals surface area contributed by atoms with Crippen LogP contribution in [-0.2, 0) is 0 Å². The number of rotatable bonds is 2. The maximum Gasteiger partial charge on any atom is 0.349 e. The minimum absolute atomic E-state index is 0.102. The summed E-state index contributed by atoms with van der Waals surface area (Å²) in [5.41, 5.74) is 1.12.